The third-order valence-electron chi connectivity index (χ3n) is 3.42. The molecule has 0 fully saturated rings. The van der Waals surface area contributed by atoms with Gasteiger partial charge in [-0.15, -0.1) is 0 Å². The van der Waals surface area contributed by atoms with Gasteiger partial charge in [0.1, 0.15) is 5.52 Å². The van der Waals surface area contributed by atoms with E-state index in [1.165, 1.54) is 0 Å². The highest BCUT2D eigenvalue weighted by molar-refractivity contribution is 5.89. The average Bonchev–Trinajstić information content (AvgIpc) is 2.47. The summed E-state index contributed by atoms with van der Waals surface area (Å²) >= 11 is 0. The summed E-state index contributed by atoms with van der Waals surface area (Å²) < 4.78 is 0. The zero-order valence-corrected chi connectivity index (χ0v) is 11.6. The number of nitrogens with zero attached hydrogens (tertiary/aromatic N) is 3. The second kappa shape index (κ2) is 4.89. The molecule has 3 heterocycles. The first-order chi connectivity index (χ1) is 9.69. The fourth-order valence-corrected chi connectivity index (χ4v) is 2.24. The lowest BCUT2D eigenvalue weighted by Gasteiger charge is -2.08. The van der Waals surface area contributed by atoms with E-state index in [9.17, 15) is 0 Å². The van der Waals surface area contributed by atoms with E-state index in [1.54, 1.807) is 6.20 Å². The number of aryl methyl sites for hydroxylation is 2. The van der Waals surface area contributed by atoms with Crippen molar-refractivity contribution in [2.45, 2.75) is 20.3 Å². The minimum Gasteiger partial charge on any atom is -0.397 e. The highest BCUT2D eigenvalue weighted by atomic mass is 14.8. The molecule has 0 aliphatic rings. The van der Waals surface area contributed by atoms with Gasteiger partial charge in [0, 0.05) is 23.7 Å². The standard InChI is InChI=1S/C16H16N4/c1-3-11-4-5-14-16(19-11)13(17)8-15(20-14)12-9-18-7-6-10(12)2/h4-9H,3H2,1-2H3,(H2,17,20). The molecule has 3 rings (SSSR count). The Morgan fingerprint density at radius 3 is 2.75 bits per heavy atom. The first-order valence-electron chi connectivity index (χ1n) is 6.66. The summed E-state index contributed by atoms with van der Waals surface area (Å²) in [5, 5.41) is 0. The van der Waals surface area contributed by atoms with Gasteiger partial charge in [0.05, 0.1) is 16.9 Å². The molecule has 0 aliphatic carbocycles. The van der Waals surface area contributed by atoms with Crippen molar-refractivity contribution in [1.82, 2.24) is 15.0 Å². The van der Waals surface area contributed by atoms with Gasteiger partial charge in [-0.05, 0) is 43.2 Å². The molecule has 3 aromatic rings. The van der Waals surface area contributed by atoms with Gasteiger partial charge in [0.15, 0.2) is 0 Å². The number of hydrogen-bond acceptors (Lipinski definition) is 4. The van der Waals surface area contributed by atoms with E-state index < -0.39 is 0 Å². The second-order valence-electron chi connectivity index (χ2n) is 4.81. The quantitative estimate of drug-likeness (QED) is 0.772. The molecule has 0 aromatic carbocycles. The predicted octanol–water partition coefficient (Wildman–Crippen LogP) is 3.14. The molecule has 4 heteroatoms. The summed E-state index contributed by atoms with van der Waals surface area (Å²) in [7, 11) is 0. The maximum absolute atomic E-state index is 6.15. The van der Waals surface area contributed by atoms with Crippen LogP contribution < -0.4 is 5.73 Å². The fraction of sp³-hybridized carbons (Fsp3) is 0.188. The van der Waals surface area contributed by atoms with Crippen molar-refractivity contribution in [3.8, 4) is 11.3 Å². The van der Waals surface area contributed by atoms with Crippen LogP contribution in [-0.2, 0) is 6.42 Å². The van der Waals surface area contributed by atoms with Gasteiger partial charge >= 0.3 is 0 Å². The Balaban J connectivity index is 2.23. The highest BCUT2D eigenvalue weighted by Crippen LogP contribution is 2.26. The van der Waals surface area contributed by atoms with E-state index in [0.29, 0.717) is 5.69 Å². The molecule has 0 saturated carbocycles. The number of nitrogens with two attached hydrogens (primary N) is 1. The topological polar surface area (TPSA) is 64.7 Å². The largest absolute Gasteiger partial charge is 0.397 e. The SMILES string of the molecule is CCc1ccc2nc(-c3cnccc3C)cc(N)c2n1. The summed E-state index contributed by atoms with van der Waals surface area (Å²) in [6, 6.07) is 7.82. The zero-order chi connectivity index (χ0) is 14.1. The molecule has 0 saturated heterocycles. The highest BCUT2D eigenvalue weighted by Gasteiger charge is 2.09. The van der Waals surface area contributed by atoms with Crippen molar-refractivity contribution < 1.29 is 0 Å². The lowest BCUT2D eigenvalue weighted by molar-refractivity contribution is 1.05. The van der Waals surface area contributed by atoms with Crippen LogP contribution in [0.3, 0.4) is 0 Å². The molecule has 100 valence electrons. The number of anilines is 1. The predicted molar refractivity (Wildman–Crippen MR) is 81.3 cm³/mol. The van der Waals surface area contributed by atoms with E-state index in [2.05, 4.69) is 21.9 Å². The number of fused-ring (bicyclic) bond motifs is 1. The van der Waals surface area contributed by atoms with Crippen LogP contribution in [0.15, 0.2) is 36.7 Å². The van der Waals surface area contributed by atoms with Gasteiger partial charge < -0.3 is 5.73 Å². The molecule has 0 unspecified atom stereocenters. The smallest absolute Gasteiger partial charge is 0.112 e. The Bertz CT molecular complexity index is 781. The second-order valence-corrected chi connectivity index (χ2v) is 4.81. The molecule has 2 N–H and O–H groups in total. The minimum atomic E-state index is 0.656. The normalized spacial score (nSPS) is 10.9. The molecule has 4 nitrogen and oxygen atoms in total. The van der Waals surface area contributed by atoms with Crippen LogP contribution >= 0.6 is 0 Å². The molecule has 0 bridgehead atoms. The molecular weight excluding hydrogens is 248 g/mol. The van der Waals surface area contributed by atoms with Gasteiger partial charge in [-0.3, -0.25) is 4.98 Å². The van der Waals surface area contributed by atoms with Crippen molar-refractivity contribution in [3.63, 3.8) is 0 Å². The lowest BCUT2D eigenvalue weighted by Crippen LogP contribution is -1.98. The maximum atomic E-state index is 6.15. The zero-order valence-electron chi connectivity index (χ0n) is 11.6. The van der Waals surface area contributed by atoms with Crippen LogP contribution in [0.5, 0.6) is 0 Å². The van der Waals surface area contributed by atoms with Gasteiger partial charge in [-0.1, -0.05) is 6.92 Å². The van der Waals surface area contributed by atoms with Crippen LogP contribution in [0.1, 0.15) is 18.2 Å². The van der Waals surface area contributed by atoms with Crippen molar-refractivity contribution >= 4 is 16.7 Å². The monoisotopic (exact) mass is 264 g/mol. The maximum Gasteiger partial charge on any atom is 0.112 e. The van der Waals surface area contributed by atoms with E-state index in [-0.39, 0.29) is 0 Å². The Morgan fingerprint density at radius 2 is 2.00 bits per heavy atom. The Hall–Kier alpha value is -2.49. The number of rotatable bonds is 2. The molecule has 0 aliphatic heterocycles. The summed E-state index contributed by atoms with van der Waals surface area (Å²) in [4.78, 5) is 13.4. The van der Waals surface area contributed by atoms with Gasteiger partial charge in [0.25, 0.3) is 0 Å². The van der Waals surface area contributed by atoms with Crippen molar-refractivity contribution in [1.29, 1.82) is 0 Å². The van der Waals surface area contributed by atoms with Crippen molar-refractivity contribution in [2.24, 2.45) is 0 Å². The summed E-state index contributed by atoms with van der Waals surface area (Å²) in [6.45, 7) is 4.11. The van der Waals surface area contributed by atoms with Crippen LogP contribution in [0.4, 0.5) is 5.69 Å². The van der Waals surface area contributed by atoms with Gasteiger partial charge in [0.2, 0.25) is 0 Å². The molecule has 0 spiro atoms. The van der Waals surface area contributed by atoms with E-state index in [1.807, 2.05) is 37.4 Å². The number of aromatic nitrogens is 3. The number of hydrogen-bond donors (Lipinski definition) is 1. The number of nitrogen functional groups attached to an aromatic ring is 1. The van der Waals surface area contributed by atoms with Crippen LogP contribution in [0.2, 0.25) is 0 Å². The minimum absolute atomic E-state index is 0.656. The summed E-state index contributed by atoms with van der Waals surface area (Å²) in [5.74, 6) is 0. The van der Waals surface area contributed by atoms with Gasteiger partial charge in [-0.25, -0.2) is 9.97 Å². The molecule has 0 radical (unpaired) electrons. The molecule has 3 aromatic heterocycles. The fourth-order valence-electron chi connectivity index (χ4n) is 2.24. The number of pyridine rings is 3. The lowest BCUT2D eigenvalue weighted by atomic mass is 10.1. The molecular formula is C16H16N4. The van der Waals surface area contributed by atoms with E-state index >= 15 is 0 Å². The molecule has 0 amide bonds. The van der Waals surface area contributed by atoms with Crippen LogP contribution in [-0.4, -0.2) is 15.0 Å². The van der Waals surface area contributed by atoms with Crippen LogP contribution in [0.25, 0.3) is 22.3 Å². The molecule has 20 heavy (non-hydrogen) atoms. The average molecular weight is 264 g/mol. The molecule has 0 atom stereocenters. The van der Waals surface area contributed by atoms with Gasteiger partial charge in [-0.2, -0.15) is 0 Å². The Labute approximate surface area is 117 Å². The Kier molecular flexibility index (Phi) is 3.06. The Morgan fingerprint density at radius 1 is 1.15 bits per heavy atom. The van der Waals surface area contributed by atoms with E-state index in [0.717, 1.165) is 40.0 Å². The third-order valence-corrected chi connectivity index (χ3v) is 3.42. The summed E-state index contributed by atoms with van der Waals surface area (Å²) in [6.07, 6.45) is 4.48. The summed E-state index contributed by atoms with van der Waals surface area (Å²) in [5.41, 5.74) is 12.4. The van der Waals surface area contributed by atoms with Crippen molar-refractivity contribution in [3.05, 3.63) is 47.9 Å². The third kappa shape index (κ3) is 2.09. The van der Waals surface area contributed by atoms with E-state index in [4.69, 9.17) is 5.73 Å². The van der Waals surface area contributed by atoms with Crippen molar-refractivity contribution in [2.75, 3.05) is 5.73 Å². The van der Waals surface area contributed by atoms with Crippen LogP contribution in [0, 0.1) is 6.92 Å². The first kappa shape index (κ1) is 12.5. The first-order valence-corrected chi connectivity index (χ1v) is 6.66.